The van der Waals surface area contributed by atoms with Crippen molar-refractivity contribution < 1.29 is 9.53 Å². The van der Waals surface area contributed by atoms with E-state index in [0.29, 0.717) is 33.8 Å². The van der Waals surface area contributed by atoms with E-state index in [4.69, 9.17) is 4.74 Å². The van der Waals surface area contributed by atoms with Gasteiger partial charge in [-0.25, -0.2) is 0 Å². The highest BCUT2D eigenvalue weighted by Gasteiger charge is 2.18. The third-order valence-corrected chi connectivity index (χ3v) is 7.18. The predicted molar refractivity (Wildman–Crippen MR) is 152 cm³/mol. The number of ether oxygens (including phenoxy) is 1. The number of benzene rings is 3. The van der Waals surface area contributed by atoms with Crippen LogP contribution in [0.25, 0.3) is 17.3 Å². The minimum absolute atomic E-state index is 0.147. The fourth-order valence-electron chi connectivity index (χ4n) is 3.77. The van der Waals surface area contributed by atoms with E-state index in [1.165, 1.54) is 4.57 Å². The van der Waals surface area contributed by atoms with Gasteiger partial charge < -0.3 is 10.1 Å². The molecule has 0 radical (unpaired) electrons. The molecule has 1 amide bonds. The van der Waals surface area contributed by atoms with Crippen molar-refractivity contribution in [2.45, 2.75) is 20.8 Å². The Morgan fingerprint density at radius 3 is 2.59 bits per heavy atom. The summed E-state index contributed by atoms with van der Waals surface area (Å²) in [6, 6.07) is 22.3. The average Bonchev–Trinajstić information content (AvgIpc) is 3.19. The van der Waals surface area contributed by atoms with Gasteiger partial charge in [-0.1, -0.05) is 46.3 Å². The lowest BCUT2D eigenvalue weighted by atomic mass is 10.1. The van der Waals surface area contributed by atoms with Crippen molar-refractivity contribution in [2.24, 2.45) is 0 Å². The van der Waals surface area contributed by atoms with E-state index >= 15 is 0 Å². The van der Waals surface area contributed by atoms with Crippen molar-refractivity contribution >= 4 is 50.5 Å². The maximum atomic E-state index is 13.7. The number of nitrogens with zero attached hydrogens (tertiary/aromatic N) is 2. The van der Waals surface area contributed by atoms with Gasteiger partial charge in [-0.3, -0.25) is 14.2 Å². The van der Waals surface area contributed by atoms with Crippen LogP contribution in [0.4, 0.5) is 5.69 Å². The molecule has 37 heavy (non-hydrogen) atoms. The van der Waals surface area contributed by atoms with Crippen LogP contribution in [-0.4, -0.2) is 17.1 Å². The number of nitrogens with one attached hydrogen (secondary N) is 1. The van der Waals surface area contributed by atoms with Gasteiger partial charge in [0.15, 0.2) is 5.57 Å². The fraction of sp³-hybridized carbons (Fsp3) is 0.138. The summed E-state index contributed by atoms with van der Waals surface area (Å²) in [6.45, 7) is 6.17. The fourth-order valence-corrected chi connectivity index (χ4v) is 5.24. The summed E-state index contributed by atoms with van der Waals surface area (Å²) in [5, 5.41) is 12.9. The molecule has 0 saturated carbocycles. The number of rotatable bonds is 6. The first-order valence-corrected chi connectivity index (χ1v) is 13.2. The molecule has 3 aromatic carbocycles. The quantitative estimate of drug-likeness (QED) is 0.358. The number of carbonyl (C=O) groups excluding carboxylic acids is 1. The number of thiazole rings is 1. The second-order valence-corrected chi connectivity index (χ2v) is 10.2. The summed E-state index contributed by atoms with van der Waals surface area (Å²) >= 11 is 4.57. The van der Waals surface area contributed by atoms with Gasteiger partial charge in [0.2, 0.25) is 0 Å². The maximum Gasteiger partial charge on any atom is 0.273 e. The number of carbonyl (C=O) groups is 1. The number of hydrogen-bond acceptors (Lipinski definition) is 5. The number of hydrogen-bond donors (Lipinski definition) is 1. The Morgan fingerprint density at radius 1 is 1.14 bits per heavy atom. The highest BCUT2D eigenvalue weighted by Crippen LogP contribution is 2.24. The monoisotopic (exact) mass is 573 g/mol. The van der Waals surface area contributed by atoms with Crippen LogP contribution in [0.1, 0.15) is 23.6 Å². The zero-order chi connectivity index (χ0) is 26.5. The third kappa shape index (κ3) is 5.74. The molecule has 8 heteroatoms. The molecule has 4 rings (SSSR count). The van der Waals surface area contributed by atoms with Crippen LogP contribution in [0.3, 0.4) is 0 Å². The second kappa shape index (κ2) is 11.4. The Balaban J connectivity index is 1.98. The van der Waals surface area contributed by atoms with Crippen LogP contribution in [0.2, 0.25) is 0 Å². The van der Waals surface area contributed by atoms with Gasteiger partial charge >= 0.3 is 0 Å². The molecule has 4 aromatic rings. The van der Waals surface area contributed by atoms with Gasteiger partial charge in [-0.2, -0.15) is 5.26 Å². The van der Waals surface area contributed by atoms with E-state index in [2.05, 4.69) is 21.2 Å². The molecule has 1 aromatic heterocycles. The number of aromatic nitrogens is 1. The minimum atomic E-state index is -0.578. The van der Waals surface area contributed by atoms with Crippen LogP contribution in [-0.2, 0) is 4.79 Å². The molecule has 6 nitrogen and oxygen atoms in total. The normalized spacial score (nSPS) is 12.1. The van der Waals surface area contributed by atoms with E-state index in [9.17, 15) is 14.9 Å². The van der Waals surface area contributed by atoms with Gasteiger partial charge in [-0.05, 0) is 74.4 Å². The summed E-state index contributed by atoms with van der Waals surface area (Å²) < 4.78 is 8.60. The maximum absolute atomic E-state index is 13.7. The molecule has 0 aliphatic rings. The minimum Gasteiger partial charge on any atom is -0.493 e. The molecule has 1 heterocycles. The zero-order valence-corrected chi connectivity index (χ0v) is 22.9. The summed E-state index contributed by atoms with van der Waals surface area (Å²) in [4.78, 5) is 27.0. The van der Waals surface area contributed by atoms with Gasteiger partial charge in [0, 0.05) is 15.7 Å². The Hall–Kier alpha value is -3.93. The standard InChI is InChI=1S/C29H24BrN3O3S/c1-4-36-25-13-12-21(30)15-20(25)16-26-28(35)33(22-8-6-5-7-9-22)29(37-26)23(17-31)27(34)32-24-14-18(2)10-11-19(24)3/h5-16H,4H2,1-3H3,(H,32,34)/b26-16+,29-23+. The van der Waals surface area contributed by atoms with Crippen molar-refractivity contribution in [2.75, 3.05) is 11.9 Å². The SMILES string of the molecule is CCOc1ccc(Br)cc1/C=c1/s/c(=C(\C#N)C(=O)Nc2cc(C)ccc2C)n(-c2ccccc2)c1=O. The molecular formula is C29H24BrN3O3S. The van der Waals surface area contributed by atoms with E-state index in [1.54, 1.807) is 30.3 Å². The molecule has 0 bridgehead atoms. The third-order valence-electron chi connectivity index (χ3n) is 5.59. The number of halogens is 1. The van der Waals surface area contributed by atoms with E-state index in [1.807, 2.05) is 69.3 Å². The van der Waals surface area contributed by atoms with Crippen LogP contribution in [0.15, 0.2) is 76.0 Å². The van der Waals surface area contributed by atoms with Crippen LogP contribution < -0.4 is 24.8 Å². The van der Waals surface area contributed by atoms with Gasteiger partial charge in [0.25, 0.3) is 11.5 Å². The Kier molecular flexibility index (Phi) is 8.07. The molecule has 0 fully saturated rings. The Bertz CT molecular complexity index is 1700. The topological polar surface area (TPSA) is 84.1 Å². The lowest BCUT2D eigenvalue weighted by molar-refractivity contribution is -0.111. The van der Waals surface area contributed by atoms with E-state index in [-0.39, 0.29) is 15.8 Å². The largest absolute Gasteiger partial charge is 0.493 e. The molecule has 0 unspecified atom stereocenters. The van der Waals surface area contributed by atoms with Crippen molar-refractivity contribution in [1.29, 1.82) is 5.26 Å². The molecule has 0 spiro atoms. The van der Waals surface area contributed by atoms with Gasteiger partial charge in [-0.15, -0.1) is 11.3 Å². The van der Waals surface area contributed by atoms with Gasteiger partial charge in [0.05, 0.1) is 16.8 Å². The number of nitriles is 1. The number of aryl methyl sites for hydroxylation is 2. The molecular weight excluding hydrogens is 550 g/mol. The van der Waals surface area contributed by atoms with Crippen molar-refractivity contribution in [3.8, 4) is 17.5 Å². The van der Waals surface area contributed by atoms with Crippen LogP contribution in [0, 0.1) is 25.2 Å². The lowest BCUT2D eigenvalue weighted by Gasteiger charge is -2.09. The molecule has 0 aliphatic carbocycles. The summed E-state index contributed by atoms with van der Waals surface area (Å²) in [5.41, 5.74) is 3.25. The Labute approximate surface area is 226 Å². The second-order valence-electron chi connectivity index (χ2n) is 8.27. The summed E-state index contributed by atoms with van der Waals surface area (Å²) in [7, 11) is 0. The first kappa shape index (κ1) is 26.1. The van der Waals surface area contributed by atoms with E-state index < -0.39 is 5.91 Å². The molecule has 1 N–H and O–H groups in total. The highest BCUT2D eigenvalue weighted by atomic mass is 79.9. The average molecular weight is 575 g/mol. The van der Waals surface area contributed by atoms with Crippen molar-refractivity contribution in [3.05, 3.63) is 107 Å². The zero-order valence-electron chi connectivity index (χ0n) is 20.5. The number of para-hydroxylation sites is 1. The predicted octanol–water partition coefficient (Wildman–Crippen LogP) is 4.82. The van der Waals surface area contributed by atoms with E-state index in [0.717, 1.165) is 26.9 Å². The first-order valence-electron chi connectivity index (χ1n) is 11.6. The molecule has 0 atom stereocenters. The van der Waals surface area contributed by atoms with Crippen LogP contribution in [0.5, 0.6) is 5.75 Å². The van der Waals surface area contributed by atoms with Crippen molar-refractivity contribution in [1.82, 2.24) is 4.57 Å². The Morgan fingerprint density at radius 2 is 1.89 bits per heavy atom. The number of amides is 1. The summed E-state index contributed by atoms with van der Waals surface area (Å²) in [5.74, 6) is 0.0506. The smallest absolute Gasteiger partial charge is 0.273 e. The summed E-state index contributed by atoms with van der Waals surface area (Å²) in [6.07, 6.45) is 1.73. The lowest BCUT2D eigenvalue weighted by Crippen LogP contribution is -2.32. The van der Waals surface area contributed by atoms with Crippen LogP contribution >= 0.6 is 27.3 Å². The molecule has 0 aliphatic heterocycles. The number of anilines is 1. The molecule has 186 valence electrons. The highest BCUT2D eigenvalue weighted by molar-refractivity contribution is 9.10. The van der Waals surface area contributed by atoms with Gasteiger partial charge in [0.1, 0.15) is 16.5 Å². The molecule has 0 saturated heterocycles. The van der Waals surface area contributed by atoms with Crippen molar-refractivity contribution in [3.63, 3.8) is 0 Å². The first-order chi connectivity index (χ1) is 17.8.